The van der Waals surface area contributed by atoms with E-state index in [0.717, 1.165) is 26.1 Å². The smallest absolute Gasteiger partial charge is 0.250 e. The van der Waals surface area contributed by atoms with E-state index in [1.165, 1.54) is 11.1 Å². The number of hydrogen-bond acceptors (Lipinski definition) is 2. The molecule has 20 heavy (non-hydrogen) atoms. The second-order valence-electron chi connectivity index (χ2n) is 5.69. The molecule has 0 amide bonds. The fraction of sp³-hybridized carbons (Fsp3) is 0.625. The fourth-order valence-electron chi connectivity index (χ4n) is 2.93. The number of alkyl halides is 2. The molecule has 1 heterocycles. The molecule has 2 unspecified atom stereocenters. The molecule has 1 aliphatic heterocycles. The van der Waals surface area contributed by atoms with Gasteiger partial charge >= 0.3 is 0 Å². The monoisotopic (exact) mass is 282 g/mol. The van der Waals surface area contributed by atoms with Crippen molar-refractivity contribution in [1.82, 2.24) is 10.2 Å². The highest BCUT2D eigenvalue weighted by molar-refractivity contribution is 5.25. The lowest BCUT2D eigenvalue weighted by Crippen LogP contribution is -2.49. The molecule has 0 radical (unpaired) electrons. The molecule has 0 saturated carbocycles. The SMILES string of the molecule is CCN1CC(NCC(F)F)CC(c2ccc(C)cc2)C1. The molecule has 1 saturated heterocycles. The van der Waals surface area contributed by atoms with Crippen molar-refractivity contribution in [3.63, 3.8) is 0 Å². The zero-order valence-electron chi connectivity index (χ0n) is 12.3. The number of halogens is 2. The maximum Gasteiger partial charge on any atom is 0.250 e. The minimum atomic E-state index is -2.27. The van der Waals surface area contributed by atoms with E-state index in [4.69, 9.17) is 0 Å². The first kappa shape index (κ1) is 15.4. The van der Waals surface area contributed by atoms with E-state index in [2.05, 4.69) is 48.3 Å². The Morgan fingerprint density at radius 3 is 2.55 bits per heavy atom. The van der Waals surface area contributed by atoms with Crippen LogP contribution in [-0.4, -0.2) is 43.5 Å². The Morgan fingerprint density at radius 1 is 1.25 bits per heavy atom. The van der Waals surface area contributed by atoms with E-state index in [-0.39, 0.29) is 12.6 Å². The van der Waals surface area contributed by atoms with Gasteiger partial charge in [-0.1, -0.05) is 36.8 Å². The Kier molecular flexibility index (Phi) is 5.49. The molecule has 0 aromatic heterocycles. The van der Waals surface area contributed by atoms with E-state index < -0.39 is 6.43 Å². The van der Waals surface area contributed by atoms with Crippen molar-refractivity contribution in [1.29, 1.82) is 0 Å². The minimum absolute atomic E-state index is 0.156. The Labute approximate surface area is 120 Å². The summed E-state index contributed by atoms with van der Waals surface area (Å²) in [5, 5.41) is 3.00. The van der Waals surface area contributed by atoms with Gasteiger partial charge < -0.3 is 10.2 Å². The molecule has 112 valence electrons. The van der Waals surface area contributed by atoms with Gasteiger partial charge in [0.2, 0.25) is 0 Å². The average molecular weight is 282 g/mol. The third kappa shape index (κ3) is 4.25. The van der Waals surface area contributed by atoms with Crippen molar-refractivity contribution in [3.8, 4) is 0 Å². The van der Waals surface area contributed by atoms with Gasteiger partial charge in [0.05, 0.1) is 6.54 Å². The normalized spacial score (nSPS) is 24.2. The van der Waals surface area contributed by atoms with Gasteiger partial charge in [-0.3, -0.25) is 0 Å². The topological polar surface area (TPSA) is 15.3 Å². The summed E-state index contributed by atoms with van der Waals surface area (Å²) in [7, 11) is 0. The molecule has 2 atom stereocenters. The van der Waals surface area contributed by atoms with Crippen LogP contribution < -0.4 is 5.32 Å². The number of hydrogen-bond donors (Lipinski definition) is 1. The first-order chi connectivity index (χ1) is 9.58. The zero-order valence-corrected chi connectivity index (χ0v) is 12.3. The number of likely N-dealkylation sites (tertiary alicyclic amines) is 1. The molecule has 1 aromatic rings. The van der Waals surface area contributed by atoms with E-state index in [1.54, 1.807) is 0 Å². The number of nitrogens with zero attached hydrogens (tertiary/aromatic N) is 1. The van der Waals surface area contributed by atoms with Crippen molar-refractivity contribution < 1.29 is 8.78 Å². The first-order valence-corrected chi connectivity index (χ1v) is 7.39. The second-order valence-corrected chi connectivity index (χ2v) is 5.69. The largest absolute Gasteiger partial charge is 0.307 e. The van der Waals surface area contributed by atoms with Gasteiger partial charge in [-0.15, -0.1) is 0 Å². The number of aryl methyl sites for hydroxylation is 1. The van der Waals surface area contributed by atoms with Gasteiger partial charge in [0.15, 0.2) is 0 Å². The van der Waals surface area contributed by atoms with Crippen LogP contribution in [0.3, 0.4) is 0 Å². The van der Waals surface area contributed by atoms with Gasteiger partial charge in [0.1, 0.15) is 0 Å². The van der Waals surface area contributed by atoms with Crippen LogP contribution in [0.25, 0.3) is 0 Å². The second kappa shape index (κ2) is 7.14. The maximum atomic E-state index is 12.4. The van der Waals surface area contributed by atoms with Gasteiger partial charge in [-0.2, -0.15) is 0 Å². The highest BCUT2D eigenvalue weighted by Crippen LogP contribution is 2.27. The Balaban J connectivity index is 2.02. The van der Waals surface area contributed by atoms with E-state index in [9.17, 15) is 8.78 Å². The fourth-order valence-corrected chi connectivity index (χ4v) is 2.93. The highest BCUT2D eigenvalue weighted by atomic mass is 19.3. The van der Waals surface area contributed by atoms with Crippen LogP contribution in [0.4, 0.5) is 8.78 Å². The third-order valence-electron chi connectivity index (χ3n) is 4.08. The third-order valence-corrected chi connectivity index (χ3v) is 4.08. The van der Waals surface area contributed by atoms with Crippen LogP contribution in [0.5, 0.6) is 0 Å². The van der Waals surface area contributed by atoms with Crippen LogP contribution in [0.2, 0.25) is 0 Å². The van der Waals surface area contributed by atoms with Gasteiger partial charge in [-0.05, 0) is 31.4 Å². The van der Waals surface area contributed by atoms with Crippen molar-refractivity contribution in [3.05, 3.63) is 35.4 Å². The first-order valence-electron chi connectivity index (χ1n) is 7.39. The summed E-state index contributed by atoms with van der Waals surface area (Å²) in [4.78, 5) is 2.34. The van der Waals surface area contributed by atoms with Gasteiger partial charge in [0, 0.05) is 19.1 Å². The predicted molar refractivity (Wildman–Crippen MR) is 78.4 cm³/mol. The number of benzene rings is 1. The lowest BCUT2D eigenvalue weighted by atomic mass is 9.87. The molecule has 0 bridgehead atoms. The summed E-state index contributed by atoms with van der Waals surface area (Å²) in [6, 6.07) is 8.75. The van der Waals surface area contributed by atoms with Crippen LogP contribution >= 0.6 is 0 Å². The average Bonchev–Trinajstić information content (AvgIpc) is 2.45. The van der Waals surface area contributed by atoms with E-state index in [1.807, 2.05) is 0 Å². The van der Waals surface area contributed by atoms with Crippen LogP contribution in [0, 0.1) is 6.92 Å². The van der Waals surface area contributed by atoms with Crippen LogP contribution in [0.1, 0.15) is 30.4 Å². The Bertz CT molecular complexity index is 405. The molecule has 4 heteroatoms. The van der Waals surface area contributed by atoms with Crippen LogP contribution in [-0.2, 0) is 0 Å². The number of nitrogens with one attached hydrogen (secondary N) is 1. The summed E-state index contributed by atoms with van der Waals surface area (Å²) in [5.74, 6) is 0.430. The van der Waals surface area contributed by atoms with Gasteiger partial charge in [0.25, 0.3) is 6.43 Å². The molecule has 1 aliphatic rings. The molecule has 1 aromatic carbocycles. The summed E-state index contributed by atoms with van der Waals surface area (Å²) >= 11 is 0. The molecule has 1 fully saturated rings. The van der Waals surface area contributed by atoms with Crippen molar-refractivity contribution in [2.24, 2.45) is 0 Å². The lowest BCUT2D eigenvalue weighted by molar-refractivity contribution is 0.122. The summed E-state index contributed by atoms with van der Waals surface area (Å²) in [6.07, 6.45) is -1.34. The predicted octanol–water partition coefficient (Wildman–Crippen LogP) is 3.03. The molecule has 1 N–H and O–H groups in total. The summed E-state index contributed by atoms with van der Waals surface area (Å²) in [6.45, 7) is 6.85. The molecule has 0 aliphatic carbocycles. The molecular weight excluding hydrogens is 258 g/mol. The van der Waals surface area contributed by atoms with Crippen LogP contribution in [0.15, 0.2) is 24.3 Å². The summed E-state index contributed by atoms with van der Waals surface area (Å²) < 4.78 is 24.7. The van der Waals surface area contributed by atoms with E-state index >= 15 is 0 Å². The summed E-state index contributed by atoms with van der Waals surface area (Å²) in [5.41, 5.74) is 2.57. The maximum absolute atomic E-state index is 12.4. The quantitative estimate of drug-likeness (QED) is 0.893. The number of rotatable bonds is 5. The molecule has 2 nitrogen and oxygen atoms in total. The standard InChI is InChI=1S/C16H24F2N2/c1-3-20-10-14(13-6-4-12(2)5-7-13)8-15(11-20)19-9-16(17)18/h4-7,14-16,19H,3,8-11H2,1-2H3. The minimum Gasteiger partial charge on any atom is -0.307 e. The highest BCUT2D eigenvalue weighted by Gasteiger charge is 2.27. The van der Waals surface area contributed by atoms with Crippen molar-refractivity contribution in [2.75, 3.05) is 26.2 Å². The van der Waals surface area contributed by atoms with E-state index in [0.29, 0.717) is 5.92 Å². The lowest BCUT2D eigenvalue weighted by Gasteiger charge is -2.38. The Morgan fingerprint density at radius 2 is 1.95 bits per heavy atom. The van der Waals surface area contributed by atoms with Gasteiger partial charge in [-0.25, -0.2) is 8.78 Å². The zero-order chi connectivity index (χ0) is 14.5. The molecule has 2 rings (SSSR count). The number of piperidine rings is 1. The number of likely N-dealkylation sites (N-methyl/N-ethyl adjacent to an activating group) is 1. The van der Waals surface area contributed by atoms with Crippen molar-refractivity contribution in [2.45, 2.75) is 38.7 Å². The molecular formula is C16H24F2N2. The Hall–Kier alpha value is -1.00. The molecule has 0 spiro atoms. The van der Waals surface area contributed by atoms with Crippen molar-refractivity contribution >= 4 is 0 Å².